The van der Waals surface area contributed by atoms with Crippen molar-refractivity contribution in [2.75, 3.05) is 6.79 Å². The molecule has 0 saturated heterocycles. The van der Waals surface area contributed by atoms with Crippen molar-refractivity contribution < 1.29 is 19.1 Å². The fourth-order valence-electron chi connectivity index (χ4n) is 1.72. The summed E-state index contributed by atoms with van der Waals surface area (Å²) in [5, 5.41) is 0. The highest BCUT2D eigenvalue weighted by molar-refractivity contribution is 7.17. The Bertz CT molecular complexity index is 716. The van der Waals surface area contributed by atoms with E-state index in [-0.39, 0.29) is 6.79 Å². The molecule has 2 aromatic rings. The van der Waals surface area contributed by atoms with E-state index in [0.717, 1.165) is 11.3 Å². The Hall–Kier alpha value is -2.25. The van der Waals surface area contributed by atoms with Crippen molar-refractivity contribution in [3.63, 3.8) is 0 Å². The van der Waals surface area contributed by atoms with Crippen LogP contribution >= 0.6 is 22.9 Å². The van der Waals surface area contributed by atoms with Crippen LogP contribution in [-0.2, 0) is 0 Å². The van der Waals surface area contributed by atoms with E-state index in [4.69, 9.17) is 21.1 Å². The van der Waals surface area contributed by atoms with E-state index in [1.54, 1.807) is 30.3 Å². The van der Waals surface area contributed by atoms with Crippen LogP contribution in [0.5, 0.6) is 11.5 Å². The minimum Gasteiger partial charge on any atom is -0.454 e. The summed E-state index contributed by atoms with van der Waals surface area (Å²) >= 11 is 6.87. The minimum atomic E-state index is -0.454. The van der Waals surface area contributed by atoms with E-state index in [1.807, 2.05) is 0 Å². The van der Waals surface area contributed by atoms with Gasteiger partial charge in [-0.05, 0) is 30.3 Å². The Morgan fingerprint density at radius 1 is 1.05 bits per heavy atom. The second-order valence-corrected chi connectivity index (χ2v) is 5.80. The van der Waals surface area contributed by atoms with Crippen molar-refractivity contribution >= 4 is 34.8 Å². The summed E-state index contributed by atoms with van der Waals surface area (Å²) in [6.45, 7) is 0.135. The number of carbonyl (C=O) groups excluding carboxylic acids is 2. The SMILES string of the molecule is O=C(NNC(=O)c1ccc(Cl)s1)c1ccc2c(c1)OCO2. The lowest BCUT2D eigenvalue weighted by Crippen LogP contribution is -2.41. The Kier molecular flexibility index (Phi) is 3.68. The quantitative estimate of drug-likeness (QED) is 0.830. The smallest absolute Gasteiger partial charge is 0.279 e. The molecule has 0 saturated carbocycles. The van der Waals surface area contributed by atoms with Gasteiger partial charge in [0.25, 0.3) is 11.8 Å². The van der Waals surface area contributed by atoms with Crippen LogP contribution in [0.4, 0.5) is 0 Å². The van der Waals surface area contributed by atoms with Gasteiger partial charge in [0.05, 0.1) is 9.21 Å². The summed E-state index contributed by atoms with van der Waals surface area (Å²) in [6.07, 6.45) is 0. The molecular weight excluding hydrogens is 316 g/mol. The fraction of sp³-hybridized carbons (Fsp3) is 0.0769. The van der Waals surface area contributed by atoms with Gasteiger partial charge in [0, 0.05) is 5.56 Å². The first-order valence-electron chi connectivity index (χ1n) is 5.89. The molecule has 0 fully saturated rings. The number of nitrogens with one attached hydrogen (secondary N) is 2. The summed E-state index contributed by atoms with van der Waals surface area (Å²) in [5.41, 5.74) is 5.00. The number of carbonyl (C=O) groups is 2. The number of thiophene rings is 1. The summed E-state index contributed by atoms with van der Waals surface area (Å²) in [4.78, 5) is 24.1. The maximum Gasteiger partial charge on any atom is 0.279 e. The van der Waals surface area contributed by atoms with Gasteiger partial charge in [-0.3, -0.25) is 20.4 Å². The molecule has 1 aliphatic rings. The highest BCUT2D eigenvalue weighted by Crippen LogP contribution is 2.32. The zero-order chi connectivity index (χ0) is 14.8. The molecule has 108 valence electrons. The predicted octanol–water partition coefficient (Wildman–Crippen LogP) is 2.21. The van der Waals surface area contributed by atoms with E-state index in [1.165, 1.54) is 0 Å². The number of amides is 2. The molecule has 2 amide bonds. The normalized spacial score (nSPS) is 12.0. The lowest BCUT2D eigenvalue weighted by molar-refractivity contribution is 0.0848. The maximum atomic E-state index is 11.9. The molecule has 1 aromatic carbocycles. The average molecular weight is 325 g/mol. The third-order valence-electron chi connectivity index (χ3n) is 2.72. The summed E-state index contributed by atoms with van der Waals surface area (Å²) in [7, 11) is 0. The third kappa shape index (κ3) is 2.93. The number of rotatable bonds is 2. The highest BCUT2D eigenvalue weighted by atomic mass is 35.5. The van der Waals surface area contributed by atoms with Crippen molar-refractivity contribution in [3.8, 4) is 11.5 Å². The van der Waals surface area contributed by atoms with Gasteiger partial charge in [0.15, 0.2) is 11.5 Å². The Labute approximate surface area is 128 Å². The van der Waals surface area contributed by atoms with Crippen molar-refractivity contribution in [3.05, 3.63) is 45.1 Å². The molecule has 2 heterocycles. The molecule has 0 spiro atoms. The molecule has 0 radical (unpaired) electrons. The van der Waals surface area contributed by atoms with Gasteiger partial charge >= 0.3 is 0 Å². The van der Waals surface area contributed by atoms with E-state index in [0.29, 0.717) is 26.3 Å². The number of hydrogen-bond acceptors (Lipinski definition) is 5. The standard InChI is InChI=1S/C13H9ClN2O4S/c14-11-4-3-10(21-11)13(18)16-15-12(17)7-1-2-8-9(5-7)20-6-19-8/h1-5H,6H2,(H,15,17)(H,16,18). The lowest BCUT2D eigenvalue weighted by Gasteiger charge is -2.06. The molecule has 3 rings (SSSR count). The van der Waals surface area contributed by atoms with E-state index in [9.17, 15) is 9.59 Å². The molecule has 21 heavy (non-hydrogen) atoms. The molecule has 6 nitrogen and oxygen atoms in total. The first-order valence-corrected chi connectivity index (χ1v) is 7.08. The zero-order valence-electron chi connectivity index (χ0n) is 10.5. The third-order valence-corrected chi connectivity index (χ3v) is 3.95. The molecule has 0 bridgehead atoms. The molecule has 8 heteroatoms. The zero-order valence-corrected chi connectivity index (χ0v) is 12.1. The first-order chi connectivity index (χ1) is 10.1. The second-order valence-electron chi connectivity index (χ2n) is 4.08. The number of halogens is 1. The van der Waals surface area contributed by atoms with Gasteiger partial charge in [0.1, 0.15) is 0 Å². The van der Waals surface area contributed by atoms with Gasteiger partial charge in [-0.1, -0.05) is 11.6 Å². The van der Waals surface area contributed by atoms with Crippen LogP contribution in [0.2, 0.25) is 4.34 Å². The maximum absolute atomic E-state index is 11.9. The number of hydrazine groups is 1. The fourth-order valence-corrected chi connectivity index (χ4v) is 2.66. The Balaban J connectivity index is 1.63. The lowest BCUT2D eigenvalue weighted by atomic mass is 10.2. The Morgan fingerprint density at radius 2 is 1.81 bits per heavy atom. The van der Waals surface area contributed by atoms with Crippen molar-refractivity contribution in [1.82, 2.24) is 10.9 Å². The molecule has 1 aromatic heterocycles. The topological polar surface area (TPSA) is 76.7 Å². The van der Waals surface area contributed by atoms with Crippen LogP contribution in [-0.4, -0.2) is 18.6 Å². The first kappa shape index (κ1) is 13.7. The van der Waals surface area contributed by atoms with Crippen LogP contribution in [0.25, 0.3) is 0 Å². The predicted molar refractivity (Wildman–Crippen MR) is 76.8 cm³/mol. The minimum absolute atomic E-state index is 0.135. The van der Waals surface area contributed by atoms with Gasteiger partial charge in [-0.2, -0.15) is 0 Å². The van der Waals surface area contributed by atoms with E-state index < -0.39 is 11.8 Å². The van der Waals surface area contributed by atoms with Crippen LogP contribution in [0.1, 0.15) is 20.0 Å². The number of benzene rings is 1. The summed E-state index contributed by atoms with van der Waals surface area (Å²) in [6, 6.07) is 7.96. The Morgan fingerprint density at radius 3 is 2.57 bits per heavy atom. The summed E-state index contributed by atoms with van der Waals surface area (Å²) in [5.74, 6) is 0.202. The number of ether oxygens (including phenoxy) is 2. The molecule has 0 aliphatic carbocycles. The molecule has 1 aliphatic heterocycles. The molecule has 0 atom stereocenters. The van der Waals surface area contributed by atoms with Crippen LogP contribution < -0.4 is 20.3 Å². The second kappa shape index (κ2) is 5.63. The highest BCUT2D eigenvalue weighted by Gasteiger charge is 2.17. The molecule has 2 N–H and O–H groups in total. The van der Waals surface area contributed by atoms with Gasteiger partial charge < -0.3 is 9.47 Å². The van der Waals surface area contributed by atoms with Gasteiger partial charge in [-0.15, -0.1) is 11.3 Å². The van der Waals surface area contributed by atoms with Crippen molar-refractivity contribution in [2.24, 2.45) is 0 Å². The molecule has 0 unspecified atom stereocenters. The number of fused-ring (bicyclic) bond motifs is 1. The molecular formula is C13H9ClN2O4S. The summed E-state index contributed by atoms with van der Waals surface area (Å²) < 4.78 is 10.8. The van der Waals surface area contributed by atoms with Gasteiger partial charge in [-0.25, -0.2) is 0 Å². The van der Waals surface area contributed by atoms with Crippen molar-refractivity contribution in [1.29, 1.82) is 0 Å². The van der Waals surface area contributed by atoms with Crippen molar-refractivity contribution in [2.45, 2.75) is 0 Å². The number of hydrogen-bond donors (Lipinski definition) is 2. The van der Waals surface area contributed by atoms with Crippen LogP contribution in [0.15, 0.2) is 30.3 Å². The monoisotopic (exact) mass is 324 g/mol. The largest absolute Gasteiger partial charge is 0.454 e. The average Bonchev–Trinajstić information content (AvgIpc) is 3.12. The van der Waals surface area contributed by atoms with E-state index in [2.05, 4.69) is 10.9 Å². The van der Waals surface area contributed by atoms with E-state index >= 15 is 0 Å². The van der Waals surface area contributed by atoms with Gasteiger partial charge in [0.2, 0.25) is 6.79 Å². The van der Waals surface area contributed by atoms with Crippen LogP contribution in [0, 0.1) is 0 Å². The van der Waals surface area contributed by atoms with Crippen LogP contribution in [0.3, 0.4) is 0 Å².